The van der Waals surface area contributed by atoms with Gasteiger partial charge in [-0.05, 0) is 48.5 Å². The van der Waals surface area contributed by atoms with E-state index in [0.717, 1.165) is 12.1 Å². The topological polar surface area (TPSA) is 87.7 Å². The number of ether oxygens (including phenoxy) is 1. The largest absolute Gasteiger partial charge is 0.442 e. The SMILES string of the molecule is CC(=O)NCC1CN(c2ccc(Nc3ccc(F)ccc3=O)cc2)C(=O)O1. The van der Waals surface area contributed by atoms with Gasteiger partial charge in [0.05, 0.1) is 18.8 Å². The van der Waals surface area contributed by atoms with Crippen LogP contribution in [0.4, 0.5) is 26.2 Å². The Morgan fingerprint density at radius 2 is 1.85 bits per heavy atom. The van der Waals surface area contributed by atoms with E-state index < -0.39 is 18.0 Å². The van der Waals surface area contributed by atoms with E-state index in [2.05, 4.69) is 10.6 Å². The molecule has 0 saturated carbocycles. The Morgan fingerprint density at radius 1 is 1.15 bits per heavy atom. The first-order valence-corrected chi connectivity index (χ1v) is 8.32. The molecule has 0 radical (unpaired) electrons. The van der Waals surface area contributed by atoms with Crippen molar-refractivity contribution < 1.29 is 18.7 Å². The maximum atomic E-state index is 13.2. The molecule has 2 amide bonds. The van der Waals surface area contributed by atoms with Gasteiger partial charge >= 0.3 is 6.09 Å². The summed E-state index contributed by atoms with van der Waals surface area (Å²) in [7, 11) is 0. The highest BCUT2D eigenvalue weighted by Crippen LogP contribution is 2.24. The lowest BCUT2D eigenvalue weighted by atomic mass is 10.2. The van der Waals surface area contributed by atoms with Crippen molar-refractivity contribution in [2.45, 2.75) is 13.0 Å². The van der Waals surface area contributed by atoms with Gasteiger partial charge in [-0.15, -0.1) is 0 Å². The fourth-order valence-corrected chi connectivity index (χ4v) is 2.63. The van der Waals surface area contributed by atoms with Gasteiger partial charge < -0.3 is 15.4 Å². The van der Waals surface area contributed by atoms with Crippen molar-refractivity contribution in [3.8, 4) is 0 Å². The first-order chi connectivity index (χ1) is 12.9. The van der Waals surface area contributed by atoms with Crippen LogP contribution < -0.4 is 21.0 Å². The molecule has 1 fully saturated rings. The summed E-state index contributed by atoms with van der Waals surface area (Å²) in [6.07, 6.45) is -0.903. The highest BCUT2D eigenvalue weighted by Gasteiger charge is 2.32. The minimum absolute atomic E-state index is 0.188. The second-order valence-electron chi connectivity index (χ2n) is 6.05. The Hall–Kier alpha value is -3.42. The number of hydrogen-bond acceptors (Lipinski definition) is 5. The lowest BCUT2D eigenvalue weighted by Gasteiger charge is -2.14. The van der Waals surface area contributed by atoms with Crippen molar-refractivity contribution in [2.75, 3.05) is 23.3 Å². The predicted octanol–water partition coefficient (Wildman–Crippen LogP) is 2.39. The van der Waals surface area contributed by atoms with Crippen LogP contribution in [0.5, 0.6) is 0 Å². The smallest absolute Gasteiger partial charge is 0.414 e. The van der Waals surface area contributed by atoms with Crippen LogP contribution in [0.25, 0.3) is 0 Å². The average Bonchev–Trinajstić information content (AvgIpc) is 2.94. The second kappa shape index (κ2) is 7.86. The number of amides is 2. The zero-order chi connectivity index (χ0) is 19.4. The number of anilines is 3. The van der Waals surface area contributed by atoms with Crippen LogP contribution in [0.15, 0.2) is 53.3 Å². The number of nitrogens with zero attached hydrogens (tertiary/aromatic N) is 1. The van der Waals surface area contributed by atoms with E-state index in [1.807, 2.05) is 0 Å². The van der Waals surface area contributed by atoms with E-state index >= 15 is 0 Å². The van der Waals surface area contributed by atoms with Gasteiger partial charge in [0.25, 0.3) is 0 Å². The zero-order valence-corrected chi connectivity index (χ0v) is 14.6. The van der Waals surface area contributed by atoms with Crippen LogP contribution >= 0.6 is 0 Å². The molecule has 2 aromatic rings. The summed E-state index contributed by atoms with van der Waals surface area (Å²) in [5.41, 5.74) is 1.14. The molecule has 0 bridgehead atoms. The molecule has 0 spiro atoms. The Balaban J connectivity index is 1.69. The molecule has 3 rings (SSSR count). The van der Waals surface area contributed by atoms with E-state index in [9.17, 15) is 18.8 Å². The molecule has 1 atom stereocenters. The van der Waals surface area contributed by atoms with Gasteiger partial charge in [-0.1, -0.05) is 0 Å². The lowest BCUT2D eigenvalue weighted by Crippen LogP contribution is -2.33. The molecule has 27 heavy (non-hydrogen) atoms. The maximum Gasteiger partial charge on any atom is 0.414 e. The monoisotopic (exact) mass is 371 g/mol. The first-order valence-electron chi connectivity index (χ1n) is 8.32. The van der Waals surface area contributed by atoms with Crippen molar-refractivity contribution in [1.82, 2.24) is 5.32 Å². The quantitative estimate of drug-likeness (QED) is 0.843. The fraction of sp³-hybridized carbons (Fsp3) is 0.211. The van der Waals surface area contributed by atoms with Crippen molar-refractivity contribution in [2.24, 2.45) is 0 Å². The van der Waals surface area contributed by atoms with Crippen LogP contribution in [0.2, 0.25) is 0 Å². The Labute approximate surface area is 154 Å². The number of rotatable bonds is 5. The second-order valence-corrected chi connectivity index (χ2v) is 6.05. The average molecular weight is 371 g/mol. The Morgan fingerprint density at radius 3 is 2.56 bits per heavy atom. The summed E-state index contributed by atoms with van der Waals surface area (Å²) in [5.74, 6) is -0.691. The van der Waals surface area contributed by atoms with Gasteiger partial charge in [0.15, 0.2) is 0 Å². The molecule has 2 N–H and O–H groups in total. The normalized spacial score (nSPS) is 16.0. The van der Waals surface area contributed by atoms with Crippen LogP contribution in [0.3, 0.4) is 0 Å². The van der Waals surface area contributed by atoms with Gasteiger partial charge in [0.1, 0.15) is 11.9 Å². The number of cyclic esters (lactones) is 1. The van der Waals surface area contributed by atoms with Gasteiger partial charge in [-0.3, -0.25) is 14.5 Å². The third-order valence-corrected chi connectivity index (χ3v) is 3.98. The summed E-state index contributed by atoms with van der Waals surface area (Å²) in [6.45, 7) is 1.98. The summed E-state index contributed by atoms with van der Waals surface area (Å²) in [6, 6.07) is 11.6. The standard InChI is InChI=1S/C19H18FN3O4/c1-12(24)21-10-16-11-23(19(26)27-16)15-6-4-14(5-7-15)22-17-8-2-13(20)3-9-18(17)25/h2-9,16H,10-11H2,1H3,(H,21,24)(H,22,25). The minimum atomic E-state index is -0.503. The summed E-state index contributed by atoms with van der Waals surface area (Å²) < 4.78 is 18.4. The van der Waals surface area contributed by atoms with E-state index in [1.165, 1.54) is 24.0 Å². The van der Waals surface area contributed by atoms with Gasteiger partial charge in [0, 0.05) is 18.3 Å². The van der Waals surface area contributed by atoms with E-state index in [4.69, 9.17) is 4.74 Å². The third-order valence-electron chi connectivity index (χ3n) is 3.98. The summed E-state index contributed by atoms with van der Waals surface area (Å²) >= 11 is 0. The molecule has 1 saturated heterocycles. The number of nitrogens with one attached hydrogen (secondary N) is 2. The molecule has 2 aromatic carbocycles. The van der Waals surface area contributed by atoms with Crippen molar-refractivity contribution >= 4 is 29.1 Å². The van der Waals surface area contributed by atoms with Gasteiger partial charge in [-0.25, -0.2) is 9.18 Å². The van der Waals surface area contributed by atoms with Crippen molar-refractivity contribution in [1.29, 1.82) is 0 Å². The first kappa shape index (κ1) is 18.4. The summed E-state index contributed by atoms with van der Waals surface area (Å²) in [5, 5.41) is 5.55. The van der Waals surface area contributed by atoms with Gasteiger partial charge in [-0.2, -0.15) is 0 Å². The van der Waals surface area contributed by atoms with Gasteiger partial charge in [0.2, 0.25) is 11.3 Å². The van der Waals surface area contributed by atoms with Crippen LogP contribution in [0.1, 0.15) is 6.92 Å². The zero-order valence-electron chi connectivity index (χ0n) is 14.6. The number of halogens is 1. The Kier molecular flexibility index (Phi) is 5.35. The highest BCUT2D eigenvalue weighted by atomic mass is 19.1. The molecular weight excluding hydrogens is 353 g/mol. The number of benzene rings is 1. The van der Waals surface area contributed by atoms with Crippen molar-refractivity contribution in [3.05, 3.63) is 64.6 Å². The molecule has 0 aliphatic carbocycles. The molecule has 7 nitrogen and oxygen atoms in total. The maximum absolute atomic E-state index is 13.2. The molecule has 1 heterocycles. The predicted molar refractivity (Wildman–Crippen MR) is 98.7 cm³/mol. The van der Waals surface area contributed by atoms with E-state index in [1.54, 1.807) is 24.3 Å². The third kappa shape index (κ3) is 4.60. The molecule has 0 aromatic heterocycles. The molecule has 1 aliphatic rings. The number of carbonyl (C=O) groups is 2. The highest BCUT2D eigenvalue weighted by molar-refractivity contribution is 5.90. The Bertz CT molecular complexity index is 917. The van der Waals surface area contributed by atoms with Crippen LogP contribution in [-0.4, -0.2) is 31.2 Å². The molecule has 8 heteroatoms. The molecule has 140 valence electrons. The van der Waals surface area contributed by atoms with Crippen LogP contribution in [-0.2, 0) is 9.53 Å². The summed E-state index contributed by atoms with van der Waals surface area (Å²) in [4.78, 5) is 36.4. The van der Waals surface area contributed by atoms with E-state index in [-0.39, 0.29) is 23.6 Å². The van der Waals surface area contributed by atoms with Crippen molar-refractivity contribution in [3.63, 3.8) is 0 Å². The van der Waals surface area contributed by atoms with E-state index in [0.29, 0.717) is 17.9 Å². The molecule has 1 unspecified atom stereocenters. The number of hydrogen-bond donors (Lipinski definition) is 2. The molecule has 1 aliphatic heterocycles. The lowest BCUT2D eigenvalue weighted by molar-refractivity contribution is -0.119. The van der Waals surface area contributed by atoms with Crippen LogP contribution in [0, 0.1) is 5.82 Å². The molecular formula is C19H18FN3O4. The minimum Gasteiger partial charge on any atom is -0.442 e. The number of carbonyl (C=O) groups excluding carboxylic acids is 2. The fourth-order valence-electron chi connectivity index (χ4n) is 2.63.